The molecule has 0 radical (unpaired) electrons. The second-order valence-electron chi connectivity index (χ2n) is 9.44. The molecule has 11 nitrogen and oxygen atoms in total. The number of carbonyl (C=O) groups is 2. The maximum atomic E-state index is 13.0. The summed E-state index contributed by atoms with van der Waals surface area (Å²) in [4.78, 5) is 38.3. The molecule has 1 fully saturated rings. The number of nitrogens with zero attached hydrogens (tertiary/aromatic N) is 6. The molecule has 4 rings (SSSR count). The Bertz CT molecular complexity index is 1240. The molecule has 196 valence electrons. The Hall–Kier alpha value is -4.15. The summed E-state index contributed by atoms with van der Waals surface area (Å²) in [6.07, 6.45) is 7.74. The number of rotatable bonds is 9. The lowest BCUT2D eigenvalue weighted by atomic mass is 9.97. The van der Waals surface area contributed by atoms with Gasteiger partial charge in [0.2, 0.25) is 0 Å². The van der Waals surface area contributed by atoms with E-state index in [0.29, 0.717) is 17.1 Å². The first-order chi connectivity index (χ1) is 17.8. The van der Waals surface area contributed by atoms with E-state index in [1.807, 2.05) is 31.3 Å². The summed E-state index contributed by atoms with van der Waals surface area (Å²) >= 11 is 0. The van der Waals surface area contributed by atoms with Gasteiger partial charge in [0.1, 0.15) is 5.82 Å². The average Bonchev–Trinajstić information content (AvgIpc) is 3.29. The van der Waals surface area contributed by atoms with Crippen molar-refractivity contribution in [3.63, 3.8) is 0 Å². The minimum Gasteiger partial charge on any atom is -0.375 e. The molecule has 1 saturated heterocycles. The number of nitrogens with two attached hydrogens (primary N) is 1. The maximum absolute atomic E-state index is 13.0. The standard InChI is InChI=1S/C26H35N9O2/c1-5-12-33(3)20-10-8-18(9-11-20)26(37)31-21-7-6-13-35(17(21)2)22-15-28-23(24(27)36)25(32-22)30-19-14-29-34(4)16-19/h8-11,14-17,21H,5-7,12-13H2,1-4H3,(H2,27,36)(H,30,32)(H,31,37)/t17-,21-/m1/s1. The Morgan fingerprint density at radius 2 is 1.97 bits per heavy atom. The fourth-order valence-electron chi connectivity index (χ4n) is 4.65. The average molecular weight is 506 g/mol. The lowest BCUT2D eigenvalue weighted by Gasteiger charge is -2.40. The van der Waals surface area contributed by atoms with Crippen LogP contribution < -0.4 is 26.2 Å². The van der Waals surface area contributed by atoms with Crippen molar-refractivity contribution >= 4 is 34.8 Å². The van der Waals surface area contributed by atoms with Crippen molar-refractivity contribution < 1.29 is 9.59 Å². The van der Waals surface area contributed by atoms with Crippen molar-refractivity contribution in [3.05, 3.63) is 54.1 Å². The highest BCUT2D eigenvalue weighted by Crippen LogP contribution is 2.26. The molecule has 37 heavy (non-hydrogen) atoms. The van der Waals surface area contributed by atoms with E-state index in [1.165, 1.54) is 0 Å². The molecular weight excluding hydrogens is 470 g/mol. The van der Waals surface area contributed by atoms with Crippen LogP contribution in [0.15, 0.2) is 42.9 Å². The normalized spacial score (nSPS) is 17.4. The molecule has 1 aliphatic rings. The van der Waals surface area contributed by atoms with Gasteiger partial charge >= 0.3 is 0 Å². The minimum absolute atomic E-state index is 0.0346. The predicted octanol–water partition coefficient (Wildman–Crippen LogP) is 2.69. The molecule has 2 amide bonds. The highest BCUT2D eigenvalue weighted by Gasteiger charge is 2.31. The molecule has 0 bridgehead atoms. The fourth-order valence-corrected chi connectivity index (χ4v) is 4.65. The maximum Gasteiger partial charge on any atom is 0.271 e. The van der Waals surface area contributed by atoms with E-state index in [-0.39, 0.29) is 29.5 Å². The Morgan fingerprint density at radius 1 is 1.22 bits per heavy atom. The Balaban J connectivity index is 1.49. The van der Waals surface area contributed by atoms with Gasteiger partial charge in [0.15, 0.2) is 11.5 Å². The van der Waals surface area contributed by atoms with Crippen LogP contribution in [0.5, 0.6) is 0 Å². The molecule has 0 aliphatic carbocycles. The van der Waals surface area contributed by atoms with Crippen LogP contribution in [-0.2, 0) is 7.05 Å². The molecule has 3 aromatic rings. The fraction of sp³-hybridized carbons (Fsp3) is 0.423. The van der Waals surface area contributed by atoms with Gasteiger partial charge in [-0.2, -0.15) is 5.10 Å². The van der Waals surface area contributed by atoms with Crippen LogP contribution in [0.25, 0.3) is 0 Å². The van der Waals surface area contributed by atoms with Gasteiger partial charge in [0.05, 0.1) is 18.1 Å². The number of amides is 2. The monoisotopic (exact) mass is 505 g/mol. The van der Waals surface area contributed by atoms with E-state index in [9.17, 15) is 9.59 Å². The van der Waals surface area contributed by atoms with Crippen molar-refractivity contribution in [3.8, 4) is 0 Å². The molecule has 11 heteroatoms. The first kappa shape index (κ1) is 25.9. The lowest BCUT2D eigenvalue weighted by Crippen LogP contribution is -2.54. The molecular formula is C26H35N9O2. The number of nitrogens with one attached hydrogen (secondary N) is 2. The third-order valence-electron chi connectivity index (χ3n) is 6.69. The number of piperidine rings is 1. The van der Waals surface area contributed by atoms with Crippen LogP contribution >= 0.6 is 0 Å². The van der Waals surface area contributed by atoms with Crippen LogP contribution in [0.4, 0.5) is 23.0 Å². The van der Waals surface area contributed by atoms with Gasteiger partial charge in [-0.3, -0.25) is 14.3 Å². The van der Waals surface area contributed by atoms with E-state index in [1.54, 1.807) is 30.3 Å². The smallest absolute Gasteiger partial charge is 0.271 e. The Kier molecular flexibility index (Phi) is 7.90. The van der Waals surface area contributed by atoms with Gasteiger partial charge < -0.3 is 26.2 Å². The highest BCUT2D eigenvalue weighted by molar-refractivity contribution is 5.96. The predicted molar refractivity (Wildman–Crippen MR) is 144 cm³/mol. The number of aromatic nitrogens is 4. The van der Waals surface area contributed by atoms with E-state index in [0.717, 1.165) is 38.0 Å². The quantitative estimate of drug-likeness (QED) is 0.404. The molecule has 1 aliphatic heterocycles. The van der Waals surface area contributed by atoms with Crippen LogP contribution in [0, 0.1) is 0 Å². The van der Waals surface area contributed by atoms with Crippen LogP contribution in [-0.4, -0.2) is 63.8 Å². The van der Waals surface area contributed by atoms with Crippen LogP contribution in [0.2, 0.25) is 0 Å². The van der Waals surface area contributed by atoms with Crippen molar-refractivity contribution in [2.24, 2.45) is 12.8 Å². The number of hydrogen-bond acceptors (Lipinski definition) is 8. The van der Waals surface area contributed by atoms with Crippen LogP contribution in [0.1, 0.15) is 54.0 Å². The second kappa shape index (κ2) is 11.3. The summed E-state index contributed by atoms with van der Waals surface area (Å²) < 4.78 is 1.64. The van der Waals surface area contributed by atoms with Gasteiger partial charge in [-0.15, -0.1) is 0 Å². The van der Waals surface area contributed by atoms with Crippen molar-refractivity contribution in [1.82, 2.24) is 25.1 Å². The SMILES string of the molecule is CCCN(C)c1ccc(C(=O)N[C@@H]2CCCN(c3cnc(C(N)=O)c(Nc4cnn(C)c4)n3)[C@@H]2C)cc1. The van der Waals surface area contributed by atoms with E-state index in [2.05, 4.69) is 49.3 Å². The number of primary amides is 1. The Labute approximate surface area is 217 Å². The van der Waals surface area contributed by atoms with Crippen LogP contribution in [0.3, 0.4) is 0 Å². The second-order valence-corrected chi connectivity index (χ2v) is 9.44. The van der Waals surface area contributed by atoms with Gasteiger partial charge in [-0.1, -0.05) is 6.92 Å². The number of aryl methyl sites for hydroxylation is 1. The molecule has 3 heterocycles. The van der Waals surface area contributed by atoms with Gasteiger partial charge in [0.25, 0.3) is 11.8 Å². The first-order valence-corrected chi connectivity index (χ1v) is 12.6. The van der Waals surface area contributed by atoms with Gasteiger partial charge in [0, 0.05) is 56.7 Å². The third kappa shape index (κ3) is 5.99. The first-order valence-electron chi connectivity index (χ1n) is 12.6. The molecule has 0 saturated carbocycles. The zero-order valence-corrected chi connectivity index (χ0v) is 21.8. The largest absolute Gasteiger partial charge is 0.375 e. The molecule has 0 spiro atoms. The summed E-state index contributed by atoms with van der Waals surface area (Å²) in [5.74, 6) is 0.0994. The summed E-state index contributed by atoms with van der Waals surface area (Å²) in [7, 11) is 3.85. The summed E-state index contributed by atoms with van der Waals surface area (Å²) in [5, 5.41) is 10.4. The summed E-state index contributed by atoms with van der Waals surface area (Å²) in [6, 6.07) is 7.59. The zero-order chi connectivity index (χ0) is 26.5. The Morgan fingerprint density at radius 3 is 2.62 bits per heavy atom. The topological polar surface area (TPSA) is 134 Å². The zero-order valence-electron chi connectivity index (χ0n) is 21.8. The highest BCUT2D eigenvalue weighted by atomic mass is 16.2. The molecule has 1 aromatic carbocycles. The van der Waals surface area contributed by atoms with E-state index in [4.69, 9.17) is 5.73 Å². The number of benzene rings is 1. The van der Waals surface area contributed by atoms with E-state index >= 15 is 0 Å². The molecule has 0 unspecified atom stereocenters. The van der Waals surface area contributed by atoms with Crippen molar-refractivity contribution in [2.75, 3.05) is 35.3 Å². The number of carbonyl (C=O) groups excluding carboxylic acids is 2. The molecule has 2 atom stereocenters. The lowest BCUT2D eigenvalue weighted by molar-refractivity contribution is 0.0923. The molecule has 2 aromatic heterocycles. The summed E-state index contributed by atoms with van der Waals surface area (Å²) in [6.45, 7) is 5.92. The number of hydrogen-bond donors (Lipinski definition) is 3. The van der Waals surface area contributed by atoms with Crippen molar-refractivity contribution in [2.45, 2.75) is 45.2 Å². The van der Waals surface area contributed by atoms with Gasteiger partial charge in [-0.25, -0.2) is 9.97 Å². The van der Waals surface area contributed by atoms with Gasteiger partial charge in [-0.05, 0) is 50.5 Å². The minimum atomic E-state index is -0.672. The van der Waals surface area contributed by atoms with E-state index < -0.39 is 5.91 Å². The summed E-state index contributed by atoms with van der Waals surface area (Å²) in [5.41, 5.74) is 7.97. The molecule has 4 N–H and O–H groups in total. The number of anilines is 4. The van der Waals surface area contributed by atoms with Crippen molar-refractivity contribution in [1.29, 1.82) is 0 Å². The third-order valence-corrected chi connectivity index (χ3v) is 6.69.